The summed E-state index contributed by atoms with van der Waals surface area (Å²) in [7, 11) is 2.48. The van der Waals surface area contributed by atoms with Crippen molar-refractivity contribution in [1.82, 2.24) is 5.32 Å². The number of rotatable bonds is 7. The van der Waals surface area contributed by atoms with Crippen LogP contribution in [0.2, 0.25) is 0 Å². The molecule has 0 heterocycles. The molecule has 7 heteroatoms. The van der Waals surface area contributed by atoms with Crippen LogP contribution in [0.3, 0.4) is 0 Å². The minimum Gasteiger partial charge on any atom is -0.476 e. The molecule has 1 saturated carbocycles. The third kappa shape index (κ3) is 4.68. The number of methoxy groups -OCH3 is 2. The van der Waals surface area contributed by atoms with E-state index in [1.165, 1.54) is 32.4 Å². The summed E-state index contributed by atoms with van der Waals surface area (Å²) in [6.45, 7) is 0. The average Bonchev–Trinajstić information content (AvgIpc) is 3.55. The first-order valence-electron chi connectivity index (χ1n) is 8.85. The Morgan fingerprint density at radius 3 is 2.00 bits per heavy atom. The molecule has 1 aliphatic rings. The van der Waals surface area contributed by atoms with Crippen LogP contribution < -0.4 is 10.1 Å². The second-order valence-electron chi connectivity index (χ2n) is 6.42. The first kappa shape index (κ1) is 19.4. The van der Waals surface area contributed by atoms with Crippen LogP contribution in [-0.4, -0.2) is 38.1 Å². The molecule has 1 amide bonds. The molecule has 0 bridgehead atoms. The van der Waals surface area contributed by atoms with Crippen molar-refractivity contribution in [3.8, 4) is 5.75 Å². The highest BCUT2D eigenvalue weighted by molar-refractivity contribution is 5.96. The Bertz CT molecular complexity index is 841. The summed E-state index contributed by atoms with van der Waals surface area (Å²) in [5.41, 5.74) is 0.897. The first-order chi connectivity index (χ1) is 13.5. The normalized spacial score (nSPS) is 13.9. The van der Waals surface area contributed by atoms with Crippen molar-refractivity contribution in [2.75, 3.05) is 14.2 Å². The minimum absolute atomic E-state index is 0.120. The minimum atomic E-state index is -0.930. The van der Waals surface area contributed by atoms with Gasteiger partial charge in [0, 0.05) is 11.6 Å². The second kappa shape index (κ2) is 8.56. The zero-order chi connectivity index (χ0) is 20.1. The van der Waals surface area contributed by atoms with Crippen molar-refractivity contribution in [2.24, 2.45) is 0 Å². The maximum Gasteiger partial charge on any atom is 0.338 e. The molecule has 0 radical (unpaired) electrons. The van der Waals surface area contributed by atoms with Gasteiger partial charge in [-0.15, -0.1) is 0 Å². The lowest BCUT2D eigenvalue weighted by atomic mass is 10.1. The van der Waals surface area contributed by atoms with Crippen molar-refractivity contribution in [1.29, 1.82) is 0 Å². The van der Waals surface area contributed by atoms with Crippen LogP contribution in [0.4, 0.5) is 0 Å². The van der Waals surface area contributed by atoms with Gasteiger partial charge in [0.05, 0.1) is 25.3 Å². The fraction of sp³-hybridized carbons (Fsp3) is 0.286. The van der Waals surface area contributed by atoms with Gasteiger partial charge in [-0.2, -0.15) is 0 Å². The number of ether oxygens (including phenoxy) is 3. The lowest BCUT2D eigenvalue weighted by Crippen LogP contribution is -2.34. The van der Waals surface area contributed by atoms with E-state index in [1.54, 1.807) is 24.3 Å². The standard InChI is InChI=1S/C21H21NO6/c1-26-20(24)14-10-15(21(25)27-2)12-17(11-14)28-18(13-6-4-3-5-7-13)19(23)22-16-8-9-16/h3-7,10-12,16,18H,8-9H2,1-2H3,(H,22,23). The van der Waals surface area contributed by atoms with Gasteiger partial charge in [0.2, 0.25) is 6.10 Å². The SMILES string of the molecule is COC(=O)c1cc(OC(C(=O)NC2CC2)c2ccccc2)cc(C(=O)OC)c1. The zero-order valence-corrected chi connectivity index (χ0v) is 15.6. The highest BCUT2D eigenvalue weighted by Crippen LogP contribution is 2.27. The van der Waals surface area contributed by atoms with Crippen molar-refractivity contribution in [3.05, 3.63) is 65.2 Å². The lowest BCUT2D eigenvalue weighted by Gasteiger charge is -2.20. The van der Waals surface area contributed by atoms with Crippen LogP contribution in [0.25, 0.3) is 0 Å². The van der Waals surface area contributed by atoms with Crippen molar-refractivity contribution < 1.29 is 28.6 Å². The van der Waals surface area contributed by atoms with Gasteiger partial charge < -0.3 is 19.5 Å². The maximum atomic E-state index is 12.7. The molecule has 0 saturated heterocycles. The topological polar surface area (TPSA) is 90.9 Å². The fourth-order valence-electron chi connectivity index (χ4n) is 2.68. The van der Waals surface area contributed by atoms with E-state index in [9.17, 15) is 14.4 Å². The molecule has 3 rings (SSSR count). The smallest absolute Gasteiger partial charge is 0.338 e. The number of nitrogens with one attached hydrogen (secondary N) is 1. The van der Waals surface area contributed by atoms with E-state index in [0.717, 1.165) is 12.8 Å². The fourth-order valence-corrected chi connectivity index (χ4v) is 2.68. The summed E-state index contributed by atoms with van der Waals surface area (Å²) in [5.74, 6) is -1.36. The lowest BCUT2D eigenvalue weighted by molar-refractivity contribution is -0.128. The number of carbonyl (C=O) groups is 3. The Hall–Kier alpha value is -3.35. The van der Waals surface area contributed by atoms with E-state index in [-0.39, 0.29) is 28.8 Å². The second-order valence-corrected chi connectivity index (χ2v) is 6.42. The molecular weight excluding hydrogens is 362 g/mol. The van der Waals surface area contributed by atoms with E-state index in [1.807, 2.05) is 6.07 Å². The highest BCUT2D eigenvalue weighted by atomic mass is 16.5. The van der Waals surface area contributed by atoms with Crippen LogP contribution in [0.1, 0.15) is 45.2 Å². The maximum absolute atomic E-state index is 12.7. The Balaban J connectivity index is 1.95. The van der Waals surface area contributed by atoms with Crippen molar-refractivity contribution in [2.45, 2.75) is 25.0 Å². The van der Waals surface area contributed by atoms with Gasteiger partial charge in [-0.1, -0.05) is 30.3 Å². The molecular formula is C21H21NO6. The molecule has 0 aliphatic heterocycles. The number of hydrogen-bond acceptors (Lipinski definition) is 6. The third-order valence-corrected chi connectivity index (χ3v) is 4.27. The number of benzene rings is 2. The molecule has 2 aromatic rings. The van der Waals surface area contributed by atoms with Crippen LogP contribution in [0.15, 0.2) is 48.5 Å². The van der Waals surface area contributed by atoms with Gasteiger partial charge in [0.1, 0.15) is 5.75 Å². The quantitative estimate of drug-likeness (QED) is 0.739. The molecule has 1 N–H and O–H groups in total. The monoisotopic (exact) mass is 383 g/mol. The summed E-state index contributed by atoms with van der Waals surface area (Å²) < 4.78 is 15.4. The number of esters is 2. The van der Waals surface area contributed by atoms with Gasteiger partial charge in [-0.3, -0.25) is 4.79 Å². The van der Waals surface area contributed by atoms with Crippen molar-refractivity contribution in [3.63, 3.8) is 0 Å². The van der Waals surface area contributed by atoms with Crippen LogP contribution in [0.5, 0.6) is 5.75 Å². The van der Waals surface area contributed by atoms with Gasteiger partial charge in [0.15, 0.2) is 0 Å². The summed E-state index contributed by atoms with van der Waals surface area (Å²) in [5, 5.41) is 2.92. The number of carbonyl (C=O) groups excluding carboxylic acids is 3. The summed E-state index contributed by atoms with van der Waals surface area (Å²) >= 11 is 0. The van der Waals surface area contributed by atoms with E-state index in [0.29, 0.717) is 5.56 Å². The molecule has 1 fully saturated rings. The molecule has 1 aliphatic carbocycles. The predicted octanol–water partition coefficient (Wildman–Crippen LogP) is 2.66. The molecule has 2 aromatic carbocycles. The van der Waals surface area contributed by atoms with Gasteiger partial charge in [-0.25, -0.2) is 9.59 Å². The Morgan fingerprint density at radius 1 is 0.929 bits per heavy atom. The average molecular weight is 383 g/mol. The van der Waals surface area contributed by atoms with Gasteiger partial charge in [0.25, 0.3) is 5.91 Å². The summed E-state index contributed by atoms with van der Waals surface area (Å²) in [4.78, 5) is 36.7. The first-order valence-corrected chi connectivity index (χ1v) is 8.85. The Morgan fingerprint density at radius 2 is 1.50 bits per heavy atom. The number of amides is 1. The largest absolute Gasteiger partial charge is 0.476 e. The van der Waals surface area contributed by atoms with E-state index in [4.69, 9.17) is 14.2 Å². The van der Waals surface area contributed by atoms with E-state index in [2.05, 4.69) is 5.32 Å². The van der Waals surface area contributed by atoms with E-state index >= 15 is 0 Å². The Labute approximate surface area is 162 Å². The molecule has 7 nitrogen and oxygen atoms in total. The molecule has 1 unspecified atom stereocenters. The molecule has 1 atom stereocenters. The van der Waals surface area contributed by atoms with E-state index < -0.39 is 18.0 Å². The molecule has 0 aromatic heterocycles. The van der Waals surface area contributed by atoms with Crippen LogP contribution >= 0.6 is 0 Å². The highest BCUT2D eigenvalue weighted by Gasteiger charge is 2.30. The molecule has 146 valence electrons. The zero-order valence-electron chi connectivity index (χ0n) is 15.6. The third-order valence-electron chi connectivity index (χ3n) is 4.27. The van der Waals surface area contributed by atoms with Gasteiger partial charge >= 0.3 is 11.9 Å². The molecule has 0 spiro atoms. The number of hydrogen-bond donors (Lipinski definition) is 1. The van der Waals surface area contributed by atoms with Gasteiger partial charge in [-0.05, 0) is 31.0 Å². The summed E-state index contributed by atoms with van der Waals surface area (Å²) in [6.07, 6.45) is 0.954. The molecule has 28 heavy (non-hydrogen) atoms. The van der Waals surface area contributed by atoms with Crippen LogP contribution in [0, 0.1) is 0 Å². The van der Waals surface area contributed by atoms with Crippen LogP contribution in [-0.2, 0) is 14.3 Å². The van der Waals surface area contributed by atoms with Crippen molar-refractivity contribution >= 4 is 17.8 Å². The summed E-state index contributed by atoms with van der Waals surface area (Å²) in [6, 6.07) is 13.4. The predicted molar refractivity (Wildman–Crippen MR) is 100 cm³/mol. The Kier molecular flexibility index (Phi) is 5.93.